The fraction of sp³-hybridized carbons (Fsp3) is 1.00. The maximum Gasteiger partial charge on any atom is 0.0558 e. The molecule has 3 unspecified atom stereocenters. The lowest BCUT2D eigenvalue weighted by Crippen LogP contribution is -2.51. The molecule has 1 saturated heterocycles. The molecule has 118 valence electrons. The number of aliphatic hydroxyl groups excluding tert-OH is 1. The summed E-state index contributed by atoms with van der Waals surface area (Å²) < 4.78 is 0. The van der Waals surface area contributed by atoms with Gasteiger partial charge >= 0.3 is 0 Å². The Morgan fingerprint density at radius 1 is 1.10 bits per heavy atom. The van der Waals surface area contributed by atoms with Gasteiger partial charge in [-0.05, 0) is 31.1 Å². The van der Waals surface area contributed by atoms with Crippen molar-refractivity contribution >= 4 is 0 Å². The van der Waals surface area contributed by atoms with Crippen LogP contribution < -0.4 is 5.73 Å². The Bertz CT molecular complexity index is 266. The van der Waals surface area contributed by atoms with Gasteiger partial charge in [-0.15, -0.1) is 0 Å². The van der Waals surface area contributed by atoms with E-state index in [2.05, 4.69) is 16.7 Å². The fourth-order valence-electron chi connectivity index (χ4n) is 3.93. The van der Waals surface area contributed by atoms with Gasteiger partial charge in [-0.3, -0.25) is 4.90 Å². The number of hydrogen-bond donors (Lipinski definition) is 2. The first-order valence-electron chi connectivity index (χ1n) is 8.54. The molecule has 1 aliphatic heterocycles. The molecule has 0 aromatic heterocycles. The fourth-order valence-corrected chi connectivity index (χ4v) is 3.93. The van der Waals surface area contributed by atoms with Gasteiger partial charge in [0.25, 0.3) is 0 Å². The predicted octanol–water partition coefficient (Wildman–Crippen LogP) is 1.14. The van der Waals surface area contributed by atoms with Crippen LogP contribution in [-0.2, 0) is 0 Å². The third kappa shape index (κ3) is 4.69. The molecule has 3 atom stereocenters. The van der Waals surface area contributed by atoms with Crippen molar-refractivity contribution < 1.29 is 5.11 Å². The molecule has 0 aromatic rings. The average Bonchev–Trinajstić information content (AvgIpc) is 2.45. The van der Waals surface area contributed by atoms with Crippen LogP contribution in [0.3, 0.4) is 0 Å². The maximum absolute atomic E-state index is 8.99. The van der Waals surface area contributed by atoms with Gasteiger partial charge in [-0.25, -0.2) is 0 Å². The Balaban J connectivity index is 1.74. The van der Waals surface area contributed by atoms with Crippen molar-refractivity contribution in [2.75, 3.05) is 45.9 Å². The van der Waals surface area contributed by atoms with Gasteiger partial charge in [-0.2, -0.15) is 0 Å². The number of nitrogens with two attached hydrogens (primary N) is 1. The zero-order valence-electron chi connectivity index (χ0n) is 13.1. The molecular weight excluding hydrogens is 250 g/mol. The molecule has 2 rings (SSSR count). The monoisotopic (exact) mass is 283 g/mol. The van der Waals surface area contributed by atoms with Crippen molar-refractivity contribution in [2.24, 2.45) is 17.6 Å². The third-order valence-electron chi connectivity index (χ3n) is 5.22. The van der Waals surface area contributed by atoms with Crippen LogP contribution in [0, 0.1) is 11.8 Å². The van der Waals surface area contributed by atoms with E-state index in [1.54, 1.807) is 0 Å². The summed E-state index contributed by atoms with van der Waals surface area (Å²) in [6.07, 6.45) is 6.60. The van der Waals surface area contributed by atoms with Crippen LogP contribution in [0.5, 0.6) is 0 Å². The van der Waals surface area contributed by atoms with E-state index in [9.17, 15) is 0 Å². The number of hydrogen-bond acceptors (Lipinski definition) is 4. The highest BCUT2D eigenvalue weighted by molar-refractivity contribution is 4.85. The Morgan fingerprint density at radius 3 is 2.45 bits per heavy atom. The molecule has 0 radical (unpaired) electrons. The van der Waals surface area contributed by atoms with Crippen LogP contribution in [-0.4, -0.2) is 66.8 Å². The Kier molecular flexibility index (Phi) is 6.75. The first-order valence-corrected chi connectivity index (χ1v) is 8.54. The second-order valence-corrected chi connectivity index (χ2v) is 6.76. The summed E-state index contributed by atoms with van der Waals surface area (Å²) in [4.78, 5) is 4.95. The number of aliphatic hydroxyl groups is 1. The zero-order chi connectivity index (χ0) is 14.4. The van der Waals surface area contributed by atoms with Crippen molar-refractivity contribution in [3.05, 3.63) is 0 Å². The zero-order valence-corrected chi connectivity index (χ0v) is 13.1. The molecule has 1 aliphatic carbocycles. The SMILES string of the molecule is CCCC1CCC(N)C(CN2CCN(CCO)CC2)C1. The van der Waals surface area contributed by atoms with Crippen molar-refractivity contribution in [2.45, 2.75) is 45.1 Å². The molecule has 1 saturated carbocycles. The number of β-amino-alcohol motifs (C(OH)–C–C–N with tert-alkyl or cyclic N) is 1. The summed E-state index contributed by atoms with van der Waals surface area (Å²) in [5, 5.41) is 8.99. The lowest BCUT2D eigenvalue weighted by Gasteiger charge is -2.40. The molecule has 3 N–H and O–H groups in total. The number of nitrogens with zero attached hydrogens (tertiary/aromatic N) is 2. The van der Waals surface area contributed by atoms with Gasteiger partial charge in [0.2, 0.25) is 0 Å². The van der Waals surface area contributed by atoms with Crippen LogP contribution in [0.2, 0.25) is 0 Å². The van der Waals surface area contributed by atoms with Crippen LogP contribution in [0.4, 0.5) is 0 Å². The van der Waals surface area contributed by atoms with E-state index in [0.717, 1.165) is 38.6 Å². The van der Waals surface area contributed by atoms with Crippen LogP contribution >= 0.6 is 0 Å². The standard InChI is InChI=1S/C16H33N3O/c1-2-3-14-4-5-16(17)15(12-14)13-19-8-6-18(7-9-19)10-11-20/h14-16,20H,2-13,17H2,1H3. The summed E-state index contributed by atoms with van der Waals surface area (Å²) in [6.45, 7) is 9.07. The largest absolute Gasteiger partial charge is 0.395 e. The first kappa shape index (κ1) is 16.2. The van der Waals surface area contributed by atoms with E-state index < -0.39 is 0 Å². The van der Waals surface area contributed by atoms with Crippen molar-refractivity contribution in [3.63, 3.8) is 0 Å². The van der Waals surface area contributed by atoms with E-state index >= 15 is 0 Å². The van der Waals surface area contributed by atoms with Crippen LogP contribution in [0.1, 0.15) is 39.0 Å². The van der Waals surface area contributed by atoms with Crippen LogP contribution in [0.15, 0.2) is 0 Å². The van der Waals surface area contributed by atoms with Gasteiger partial charge in [0.05, 0.1) is 6.61 Å². The van der Waals surface area contributed by atoms with Crippen molar-refractivity contribution in [1.29, 1.82) is 0 Å². The van der Waals surface area contributed by atoms with E-state index in [0.29, 0.717) is 12.0 Å². The van der Waals surface area contributed by atoms with Gasteiger partial charge in [0.1, 0.15) is 0 Å². The predicted molar refractivity (Wildman–Crippen MR) is 83.7 cm³/mol. The minimum atomic E-state index is 0.284. The molecule has 1 heterocycles. The van der Waals surface area contributed by atoms with Crippen LogP contribution in [0.25, 0.3) is 0 Å². The van der Waals surface area contributed by atoms with Gasteiger partial charge in [0, 0.05) is 45.3 Å². The second kappa shape index (κ2) is 8.32. The first-order chi connectivity index (χ1) is 9.72. The molecule has 2 aliphatic rings. The molecule has 0 amide bonds. The number of rotatable bonds is 6. The van der Waals surface area contributed by atoms with E-state index in [1.165, 1.54) is 38.6 Å². The second-order valence-electron chi connectivity index (χ2n) is 6.76. The van der Waals surface area contributed by atoms with E-state index in [-0.39, 0.29) is 6.61 Å². The highest BCUT2D eigenvalue weighted by Crippen LogP contribution is 2.32. The summed E-state index contributed by atoms with van der Waals surface area (Å²) >= 11 is 0. The lowest BCUT2D eigenvalue weighted by atomic mass is 9.76. The molecule has 4 nitrogen and oxygen atoms in total. The topological polar surface area (TPSA) is 52.7 Å². The summed E-state index contributed by atoms with van der Waals surface area (Å²) in [7, 11) is 0. The normalized spacial score (nSPS) is 33.5. The molecule has 2 fully saturated rings. The molecule has 0 spiro atoms. The van der Waals surface area contributed by atoms with Gasteiger partial charge in [0.15, 0.2) is 0 Å². The third-order valence-corrected chi connectivity index (χ3v) is 5.22. The van der Waals surface area contributed by atoms with Crippen molar-refractivity contribution in [3.8, 4) is 0 Å². The van der Waals surface area contributed by atoms with Crippen molar-refractivity contribution in [1.82, 2.24) is 9.80 Å². The van der Waals surface area contributed by atoms with E-state index in [1.807, 2.05) is 0 Å². The molecule has 20 heavy (non-hydrogen) atoms. The Hall–Kier alpha value is -0.160. The van der Waals surface area contributed by atoms with Gasteiger partial charge < -0.3 is 15.7 Å². The summed E-state index contributed by atoms with van der Waals surface area (Å²) in [6, 6.07) is 0.415. The molecular formula is C16H33N3O. The molecule has 4 heteroatoms. The van der Waals surface area contributed by atoms with Gasteiger partial charge in [-0.1, -0.05) is 19.8 Å². The lowest BCUT2D eigenvalue weighted by molar-refractivity contribution is 0.0842. The highest BCUT2D eigenvalue weighted by Gasteiger charge is 2.29. The maximum atomic E-state index is 8.99. The summed E-state index contributed by atoms with van der Waals surface area (Å²) in [5.74, 6) is 1.62. The molecule has 0 aromatic carbocycles. The average molecular weight is 283 g/mol. The smallest absolute Gasteiger partial charge is 0.0558 e. The highest BCUT2D eigenvalue weighted by atomic mass is 16.3. The summed E-state index contributed by atoms with van der Waals surface area (Å²) in [5.41, 5.74) is 6.36. The Morgan fingerprint density at radius 2 is 1.80 bits per heavy atom. The quantitative estimate of drug-likeness (QED) is 0.767. The minimum Gasteiger partial charge on any atom is -0.395 e. The Labute approximate surface area is 124 Å². The van der Waals surface area contributed by atoms with E-state index in [4.69, 9.17) is 10.8 Å². The molecule has 0 bridgehead atoms. The number of piperazine rings is 1. The minimum absolute atomic E-state index is 0.284.